The molecule has 22 heavy (non-hydrogen) atoms. The second kappa shape index (κ2) is 6.45. The van der Waals surface area contributed by atoms with E-state index in [4.69, 9.17) is 0 Å². The first-order valence-corrected chi connectivity index (χ1v) is 6.69. The normalized spacial score (nSPS) is 10.7. The Morgan fingerprint density at radius 1 is 0.955 bits per heavy atom. The quantitative estimate of drug-likeness (QED) is 0.570. The van der Waals surface area contributed by atoms with Gasteiger partial charge in [-0.15, -0.1) is 10.2 Å². The molecule has 3 rings (SSSR count). The topological polar surface area (TPSA) is 83.0 Å². The van der Waals surface area contributed by atoms with Gasteiger partial charge in [0.1, 0.15) is 0 Å². The van der Waals surface area contributed by atoms with Gasteiger partial charge in [-0.25, -0.2) is 5.43 Å². The number of aromatic amines is 1. The van der Waals surface area contributed by atoms with Crippen molar-refractivity contribution in [1.29, 1.82) is 0 Å². The average Bonchev–Trinajstić information content (AvgIpc) is 2.57. The van der Waals surface area contributed by atoms with Gasteiger partial charge in [-0.2, -0.15) is 5.10 Å². The fourth-order valence-corrected chi connectivity index (χ4v) is 1.88. The molecule has 0 radical (unpaired) electrons. The largest absolute Gasteiger partial charge is 0.288 e. The zero-order valence-electron chi connectivity index (χ0n) is 11.6. The van der Waals surface area contributed by atoms with Crippen molar-refractivity contribution in [2.24, 2.45) is 5.10 Å². The van der Waals surface area contributed by atoms with Crippen molar-refractivity contribution in [3.63, 3.8) is 0 Å². The van der Waals surface area contributed by atoms with Crippen LogP contribution in [-0.4, -0.2) is 21.4 Å². The Kier molecular flexibility index (Phi) is 4.01. The first-order valence-electron chi connectivity index (χ1n) is 6.69. The Labute approximate surface area is 126 Å². The first kappa shape index (κ1) is 13.7. The van der Waals surface area contributed by atoms with Crippen LogP contribution in [0.5, 0.6) is 0 Å². The average molecular weight is 291 g/mol. The molecule has 2 aromatic carbocycles. The minimum atomic E-state index is -0.321. The Bertz CT molecular complexity index is 828. The van der Waals surface area contributed by atoms with Crippen LogP contribution >= 0.6 is 0 Å². The highest BCUT2D eigenvalue weighted by molar-refractivity contribution is 5.79. The highest BCUT2D eigenvalue weighted by Gasteiger charge is 2.06. The second-order valence-corrected chi connectivity index (χ2v) is 4.50. The molecule has 0 unspecified atom stereocenters. The van der Waals surface area contributed by atoms with Crippen molar-refractivity contribution in [2.75, 3.05) is 5.43 Å². The van der Waals surface area contributed by atoms with Crippen LogP contribution in [-0.2, 0) is 0 Å². The molecule has 1 aromatic heterocycles. The van der Waals surface area contributed by atoms with E-state index in [1.807, 2.05) is 48.5 Å². The maximum atomic E-state index is 12.0. The zero-order chi connectivity index (χ0) is 15.2. The molecule has 3 aromatic rings. The standard InChI is InChI=1S/C16H13N5O/c22-15-14(13-9-5-2-6-10-13)19-21-16(18-15)20-17-11-12-7-3-1-4-8-12/h1-11H,(H2,18,20,21,22). The van der Waals surface area contributed by atoms with Crippen molar-refractivity contribution in [3.8, 4) is 11.3 Å². The van der Waals surface area contributed by atoms with Crippen molar-refractivity contribution in [2.45, 2.75) is 0 Å². The second-order valence-electron chi connectivity index (χ2n) is 4.50. The maximum absolute atomic E-state index is 12.0. The van der Waals surface area contributed by atoms with Crippen molar-refractivity contribution < 1.29 is 0 Å². The molecule has 0 fully saturated rings. The van der Waals surface area contributed by atoms with Gasteiger partial charge in [0.15, 0.2) is 5.69 Å². The van der Waals surface area contributed by atoms with Crippen molar-refractivity contribution >= 4 is 12.2 Å². The van der Waals surface area contributed by atoms with Gasteiger partial charge < -0.3 is 0 Å². The Hall–Kier alpha value is -3.28. The van der Waals surface area contributed by atoms with Crippen molar-refractivity contribution in [1.82, 2.24) is 15.2 Å². The van der Waals surface area contributed by atoms with E-state index < -0.39 is 0 Å². The molecule has 0 aliphatic rings. The van der Waals surface area contributed by atoms with Crippen LogP contribution in [0.2, 0.25) is 0 Å². The lowest BCUT2D eigenvalue weighted by atomic mass is 10.2. The van der Waals surface area contributed by atoms with E-state index in [1.54, 1.807) is 18.3 Å². The number of hydrazone groups is 1. The van der Waals surface area contributed by atoms with E-state index in [1.165, 1.54) is 0 Å². The summed E-state index contributed by atoms with van der Waals surface area (Å²) < 4.78 is 0. The Balaban J connectivity index is 1.76. The molecule has 0 atom stereocenters. The van der Waals surface area contributed by atoms with Gasteiger partial charge in [0.2, 0.25) is 5.95 Å². The molecule has 6 nitrogen and oxygen atoms in total. The zero-order valence-corrected chi connectivity index (χ0v) is 11.6. The summed E-state index contributed by atoms with van der Waals surface area (Å²) >= 11 is 0. The van der Waals surface area contributed by atoms with Crippen LogP contribution in [0.1, 0.15) is 5.56 Å². The summed E-state index contributed by atoms with van der Waals surface area (Å²) in [5, 5.41) is 11.9. The van der Waals surface area contributed by atoms with E-state index in [2.05, 4.69) is 25.7 Å². The molecule has 0 amide bonds. The summed E-state index contributed by atoms with van der Waals surface area (Å²) in [6.07, 6.45) is 1.63. The van der Waals surface area contributed by atoms with Crippen LogP contribution in [0.25, 0.3) is 11.3 Å². The number of benzene rings is 2. The monoisotopic (exact) mass is 291 g/mol. The summed E-state index contributed by atoms with van der Waals surface area (Å²) in [5.74, 6) is 0.192. The molecular formula is C16H13N5O. The van der Waals surface area contributed by atoms with Gasteiger partial charge in [-0.1, -0.05) is 60.7 Å². The van der Waals surface area contributed by atoms with E-state index in [0.29, 0.717) is 0 Å². The van der Waals surface area contributed by atoms with E-state index >= 15 is 0 Å². The van der Waals surface area contributed by atoms with Crippen LogP contribution in [0.3, 0.4) is 0 Å². The SMILES string of the molecule is O=c1[nH]c(NN=Cc2ccccc2)nnc1-c1ccccc1. The highest BCUT2D eigenvalue weighted by Crippen LogP contribution is 2.10. The fourth-order valence-electron chi connectivity index (χ4n) is 1.88. The fraction of sp³-hybridized carbons (Fsp3) is 0. The Morgan fingerprint density at radius 2 is 1.64 bits per heavy atom. The van der Waals surface area contributed by atoms with E-state index in [-0.39, 0.29) is 17.2 Å². The third kappa shape index (κ3) is 3.24. The van der Waals surface area contributed by atoms with Gasteiger partial charge in [0.25, 0.3) is 5.56 Å². The lowest BCUT2D eigenvalue weighted by Crippen LogP contribution is -2.15. The van der Waals surface area contributed by atoms with Crippen LogP contribution in [0, 0.1) is 0 Å². The lowest BCUT2D eigenvalue weighted by Gasteiger charge is -2.01. The highest BCUT2D eigenvalue weighted by atomic mass is 16.1. The van der Waals surface area contributed by atoms with Gasteiger partial charge in [0.05, 0.1) is 6.21 Å². The van der Waals surface area contributed by atoms with Gasteiger partial charge in [-0.3, -0.25) is 9.78 Å². The molecule has 0 aliphatic heterocycles. The number of hydrogen-bond acceptors (Lipinski definition) is 5. The van der Waals surface area contributed by atoms with E-state index in [9.17, 15) is 4.79 Å². The minimum Gasteiger partial charge on any atom is -0.288 e. The number of H-pyrrole nitrogens is 1. The van der Waals surface area contributed by atoms with Crippen LogP contribution < -0.4 is 11.0 Å². The summed E-state index contributed by atoms with van der Waals surface area (Å²) in [4.78, 5) is 14.6. The maximum Gasteiger partial charge on any atom is 0.279 e. The van der Waals surface area contributed by atoms with Crippen LogP contribution in [0.4, 0.5) is 5.95 Å². The molecule has 0 saturated heterocycles. The number of rotatable bonds is 4. The predicted octanol–water partition coefficient (Wildman–Crippen LogP) is 2.28. The number of aromatic nitrogens is 3. The summed E-state index contributed by atoms with van der Waals surface area (Å²) in [6.45, 7) is 0. The first-order chi connectivity index (χ1) is 10.8. The molecule has 1 heterocycles. The molecule has 2 N–H and O–H groups in total. The van der Waals surface area contributed by atoms with Crippen molar-refractivity contribution in [3.05, 3.63) is 76.6 Å². The Morgan fingerprint density at radius 3 is 2.32 bits per heavy atom. The molecular weight excluding hydrogens is 278 g/mol. The van der Waals surface area contributed by atoms with Gasteiger partial charge in [0, 0.05) is 5.56 Å². The number of nitrogens with one attached hydrogen (secondary N) is 2. The number of hydrogen-bond donors (Lipinski definition) is 2. The smallest absolute Gasteiger partial charge is 0.279 e. The molecule has 108 valence electrons. The number of nitrogens with zero attached hydrogens (tertiary/aromatic N) is 3. The molecule has 6 heteroatoms. The van der Waals surface area contributed by atoms with E-state index in [0.717, 1.165) is 11.1 Å². The van der Waals surface area contributed by atoms with Gasteiger partial charge in [-0.05, 0) is 5.56 Å². The minimum absolute atomic E-state index is 0.192. The summed E-state index contributed by atoms with van der Waals surface area (Å²) in [5.41, 5.74) is 4.26. The summed E-state index contributed by atoms with van der Waals surface area (Å²) in [6, 6.07) is 18.8. The lowest BCUT2D eigenvalue weighted by molar-refractivity contribution is 0.947. The summed E-state index contributed by atoms with van der Waals surface area (Å²) in [7, 11) is 0. The van der Waals surface area contributed by atoms with Gasteiger partial charge >= 0.3 is 0 Å². The molecule has 0 bridgehead atoms. The molecule has 0 aliphatic carbocycles. The van der Waals surface area contributed by atoms with Crippen LogP contribution in [0.15, 0.2) is 70.6 Å². The third-order valence-electron chi connectivity index (χ3n) is 2.93. The number of anilines is 1. The third-order valence-corrected chi connectivity index (χ3v) is 2.93. The predicted molar refractivity (Wildman–Crippen MR) is 85.7 cm³/mol. The molecule has 0 saturated carbocycles. The molecule has 0 spiro atoms.